The fourth-order valence-corrected chi connectivity index (χ4v) is 1.99. The van der Waals surface area contributed by atoms with Crippen LogP contribution in [0.5, 0.6) is 0 Å². The van der Waals surface area contributed by atoms with Crippen LogP contribution in [0.25, 0.3) is 0 Å². The zero-order valence-electron chi connectivity index (χ0n) is 9.30. The summed E-state index contributed by atoms with van der Waals surface area (Å²) in [6.07, 6.45) is -1.82. The molecule has 0 radical (unpaired) electrons. The molecule has 0 aliphatic carbocycles. The predicted octanol–water partition coefficient (Wildman–Crippen LogP) is -8.79. The van der Waals surface area contributed by atoms with Crippen molar-refractivity contribution in [2.45, 2.75) is 24.9 Å². The number of carbonyl (C=O) groups excluding carboxylic acids is 2. The Labute approximate surface area is 177 Å². The molecule has 0 aromatic carbocycles. The van der Waals surface area contributed by atoms with Crippen LogP contribution in [0.2, 0.25) is 0 Å². The van der Waals surface area contributed by atoms with E-state index in [4.69, 9.17) is 9.79 Å². The van der Waals surface area contributed by atoms with Crippen LogP contribution in [0.4, 0.5) is 0 Å². The number of carbonyl (C=O) groups is 2. The van der Waals surface area contributed by atoms with Crippen molar-refractivity contribution in [3.63, 3.8) is 0 Å². The second kappa shape index (κ2) is 9.30. The van der Waals surface area contributed by atoms with E-state index in [2.05, 4.69) is 0 Å². The quantitative estimate of drug-likeness (QED) is 0.380. The van der Waals surface area contributed by atoms with Gasteiger partial charge >= 0.3 is 110 Å². The standard InChI is InChI=1S/C6H11O7P.2K/c1-2-6(5(9)10,3-4(7)8)14(11,12)13;;/h2-3H2,1H3,(H,7,8)(H,9,10)(H2,11,12,13);;/q;2*+1/p-2. The summed E-state index contributed by atoms with van der Waals surface area (Å²) in [4.78, 5) is 38.2. The number of aliphatic carboxylic acids is 2. The molecule has 82 valence electrons. The SMILES string of the molecule is CCC(CC(=O)[O-])(C(=O)[O-])P(=O)(O)O.[K+].[K+]. The van der Waals surface area contributed by atoms with Gasteiger partial charge in [-0.1, -0.05) is 6.92 Å². The molecule has 1 atom stereocenters. The topological polar surface area (TPSA) is 138 Å². The van der Waals surface area contributed by atoms with Crippen molar-refractivity contribution < 1.29 is 137 Å². The molecule has 0 amide bonds. The van der Waals surface area contributed by atoms with Crippen LogP contribution in [0, 0.1) is 0 Å². The van der Waals surface area contributed by atoms with Crippen molar-refractivity contribution in [3.05, 3.63) is 0 Å². The molecule has 0 saturated carbocycles. The maximum Gasteiger partial charge on any atom is 1.00 e. The van der Waals surface area contributed by atoms with Crippen LogP contribution in [-0.4, -0.2) is 26.9 Å². The van der Waals surface area contributed by atoms with Gasteiger partial charge in [-0.25, -0.2) is 0 Å². The molecule has 10 heteroatoms. The average molecular weight is 302 g/mol. The molecule has 0 bridgehead atoms. The number of hydrogen-bond donors (Lipinski definition) is 2. The number of carboxylic acids is 2. The Morgan fingerprint density at radius 1 is 1.25 bits per heavy atom. The van der Waals surface area contributed by atoms with Gasteiger partial charge in [-0.05, 0) is 6.42 Å². The Hall–Kier alpha value is 2.36. The number of rotatable bonds is 5. The van der Waals surface area contributed by atoms with E-state index in [1.807, 2.05) is 0 Å². The minimum atomic E-state index is -5.10. The summed E-state index contributed by atoms with van der Waals surface area (Å²) in [7, 11) is -5.10. The molecule has 2 N–H and O–H groups in total. The molecule has 0 aromatic rings. The number of carboxylic acid groups (broad SMARTS) is 2. The van der Waals surface area contributed by atoms with Crippen LogP contribution < -0.4 is 113 Å². The Bertz CT molecular complexity index is 301. The molecule has 0 aromatic heterocycles. The second-order valence-electron chi connectivity index (χ2n) is 2.77. The smallest absolute Gasteiger partial charge is 0.550 e. The van der Waals surface area contributed by atoms with E-state index < -0.39 is 37.5 Å². The molecule has 0 saturated heterocycles. The summed E-state index contributed by atoms with van der Waals surface area (Å²) in [5.41, 5.74) is 0. The predicted molar refractivity (Wildman–Crippen MR) is 39.7 cm³/mol. The van der Waals surface area contributed by atoms with Gasteiger partial charge in [0.1, 0.15) is 5.16 Å². The van der Waals surface area contributed by atoms with Crippen LogP contribution in [-0.2, 0) is 14.2 Å². The first-order valence-corrected chi connectivity index (χ1v) is 5.25. The van der Waals surface area contributed by atoms with Gasteiger partial charge in [-0.2, -0.15) is 0 Å². The third kappa shape index (κ3) is 6.00. The monoisotopic (exact) mass is 302 g/mol. The zero-order chi connectivity index (χ0) is 11.6. The van der Waals surface area contributed by atoms with Crippen molar-refractivity contribution in [1.82, 2.24) is 0 Å². The Kier molecular flexibility index (Phi) is 13.6. The van der Waals surface area contributed by atoms with Crippen molar-refractivity contribution in [2.75, 3.05) is 0 Å². The second-order valence-corrected chi connectivity index (χ2v) is 4.71. The van der Waals surface area contributed by atoms with E-state index in [-0.39, 0.29) is 103 Å². The third-order valence-corrected chi connectivity index (χ3v) is 3.73. The van der Waals surface area contributed by atoms with Crippen molar-refractivity contribution in [2.24, 2.45) is 0 Å². The first-order valence-electron chi connectivity index (χ1n) is 3.64. The summed E-state index contributed by atoms with van der Waals surface area (Å²) in [6.45, 7) is 1.15. The zero-order valence-corrected chi connectivity index (χ0v) is 16.4. The first-order chi connectivity index (χ1) is 6.17. The Morgan fingerprint density at radius 2 is 1.62 bits per heavy atom. The molecule has 0 aliphatic rings. The molecule has 1 unspecified atom stereocenters. The molecule has 0 fully saturated rings. The van der Waals surface area contributed by atoms with Gasteiger partial charge in [-0.3, -0.25) is 4.57 Å². The van der Waals surface area contributed by atoms with Crippen LogP contribution in [0.15, 0.2) is 0 Å². The summed E-state index contributed by atoms with van der Waals surface area (Å²) >= 11 is 0. The Balaban J connectivity index is -0.000000845. The van der Waals surface area contributed by atoms with E-state index in [0.717, 1.165) is 6.92 Å². The molecule has 0 spiro atoms. The van der Waals surface area contributed by atoms with Gasteiger partial charge in [0.05, 0.1) is 5.97 Å². The van der Waals surface area contributed by atoms with E-state index in [1.54, 1.807) is 0 Å². The van der Waals surface area contributed by atoms with Crippen molar-refractivity contribution >= 4 is 19.5 Å². The van der Waals surface area contributed by atoms with Crippen LogP contribution >= 0.6 is 7.60 Å². The molecule has 0 rings (SSSR count). The van der Waals surface area contributed by atoms with Gasteiger partial charge < -0.3 is 29.6 Å². The third-order valence-electron chi connectivity index (χ3n) is 1.96. The Morgan fingerprint density at radius 3 is 1.69 bits per heavy atom. The van der Waals surface area contributed by atoms with Crippen molar-refractivity contribution in [3.8, 4) is 0 Å². The average Bonchev–Trinajstić information content (AvgIpc) is 1.96. The van der Waals surface area contributed by atoms with Gasteiger partial charge in [0.25, 0.3) is 0 Å². The molecular weight excluding hydrogens is 293 g/mol. The molecule has 16 heavy (non-hydrogen) atoms. The maximum absolute atomic E-state index is 10.8. The fraction of sp³-hybridized carbons (Fsp3) is 0.667. The van der Waals surface area contributed by atoms with Gasteiger partial charge in [-0.15, -0.1) is 0 Å². The molecule has 7 nitrogen and oxygen atoms in total. The van der Waals surface area contributed by atoms with Gasteiger partial charge in [0.2, 0.25) is 0 Å². The van der Waals surface area contributed by atoms with E-state index in [0.29, 0.717) is 0 Å². The number of hydrogen-bond acceptors (Lipinski definition) is 5. The van der Waals surface area contributed by atoms with Crippen LogP contribution in [0.3, 0.4) is 0 Å². The van der Waals surface area contributed by atoms with E-state index in [9.17, 15) is 24.4 Å². The van der Waals surface area contributed by atoms with Crippen LogP contribution in [0.1, 0.15) is 19.8 Å². The van der Waals surface area contributed by atoms with Crippen molar-refractivity contribution in [1.29, 1.82) is 0 Å². The largest absolute Gasteiger partial charge is 1.00 e. The molecule has 0 aliphatic heterocycles. The summed E-state index contributed by atoms with van der Waals surface area (Å²) in [5.74, 6) is -3.93. The summed E-state index contributed by atoms with van der Waals surface area (Å²) in [5, 5.41) is 18.0. The first kappa shape index (κ1) is 23.5. The van der Waals surface area contributed by atoms with E-state index in [1.165, 1.54) is 0 Å². The minimum Gasteiger partial charge on any atom is -0.550 e. The maximum atomic E-state index is 10.8. The molecular formula is C6H9K2O7P. The summed E-state index contributed by atoms with van der Waals surface area (Å²) in [6, 6.07) is 0. The normalized spacial score (nSPS) is 13.9. The van der Waals surface area contributed by atoms with Gasteiger partial charge in [0, 0.05) is 12.4 Å². The summed E-state index contributed by atoms with van der Waals surface area (Å²) < 4.78 is 10.8. The van der Waals surface area contributed by atoms with Gasteiger partial charge in [0.15, 0.2) is 0 Å². The minimum absolute atomic E-state index is 0. The molecule has 0 heterocycles. The van der Waals surface area contributed by atoms with E-state index >= 15 is 0 Å². The fourth-order valence-electron chi connectivity index (χ4n) is 1.01.